The van der Waals surface area contributed by atoms with Gasteiger partial charge in [-0.3, -0.25) is 4.90 Å². The largest absolute Gasteiger partial charge is 0.314 e. The second-order valence-electron chi connectivity index (χ2n) is 4.78. The van der Waals surface area contributed by atoms with Gasteiger partial charge in [0.25, 0.3) is 0 Å². The van der Waals surface area contributed by atoms with Gasteiger partial charge >= 0.3 is 0 Å². The third-order valence-electron chi connectivity index (χ3n) is 3.40. The Bertz CT molecular complexity index is 332. The first-order valence-corrected chi connectivity index (χ1v) is 6.79. The third-order valence-corrected chi connectivity index (χ3v) is 4.46. The van der Waals surface area contributed by atoms with Crippen molar-refractivity contribution in [1.29, 1.82) is 0 Å². The van der Waals surface area contributed by atoms with Crippen molar-refractivity contribution >= 4 is 11.3 Å². The lowest BCUT2D eigenvalue weighted by Crippen LogP contribution is -2.54. The molecule has 0 saturated carbocycles. The Balaban J connectivity index is 2.07. The molecular weight excluding hydrogens is 218 g/mol. The SMILES string of the molecule is Cc1nc(CN2C(C)CNCC2C)sc1C. The molecule has 1 aromatic heterocycles. The van der Waals surface area contributed by atoms with Crippen molar-refractivity contribution in [2.45, 2.75) is 46.3 Å². The van der Waals surface area contributed by atoms with Gasteiger partial charge in [-0.25, -0.2) is 4.98 Å². The van der Waals surface area contributed by atoms with Gasteiger partial charge in [0, 0.05) is 30.1 Å². The number of rotatable bonds is 2. The third kappa shape index (κ3) is 2.44. The predicted octanol–water partition coefficient (Wildman–Crippen LogP) is 1.94. The molecule has 0 radical (unpaired) electrons. The van der Waals surface area contributed by atoms with E-state index in [1.165, 1.54) is 15.6 Å². The summed E-state index contributed by atoms with van der Waals surface area (Å²) in [6.45, 7) is 12.0. The fraction of sp³-hybridized carbons (Fsp3) is 0.750. The highest BCUT2D eigenvalue weighted by molar-refractivity contribution is 7.11. The number of hydrogen-bond donors (Lipinski definition) is 1. The highest BCUT2D eigenvalue weighted by Gasteiger charge is 2.25. The van der Waals surface area contributed by atoms with Crippen molar-refractivity contribution < 1.29 is 0 Å². The number of nitrogens with one attached hydrogen (secondary N) is 1. The van der Waals surface area contributed by atoms with Gasteiger partial charge in [-0.05, 0) is 27.7 Å². The molecule has 0 bridgehead atoms. The van der Waals surface area contributed by atoms with Crippen molar-refractivity contribution in [3.05, 3.63) is 15.6 Å². The second-order valence-corrected chi connectivity index (χ2v) is 6.07. The summed E-state index contributed by atoms with van der Waals surface area (Å²) in [6.07, 6.45) is 0. The van der Waals surface area contributed by atoms with Crippen LogP contribution >= 0.6 is 11.3 Å². The van der Waals surface area contributed by atoms with E-state index >= 15 is 0 Å². The minimum Gasteiger partial charge on any atom is -0.314 e. The van der Waals surface area contributed by atoms with Crippen molar-refractivity contribution in [3.63, 3.8) is 0 Å². The Hall–Kier alpha value is -0.450. The summed E-state index contributed by atoms with van der Waals surface area (Å²) in [7, 11) is 0. The molecule has 3 nitrogen and oxygen atoms in total. The van der Waals surface area contributed by atoms with Gasteiger partial charge < -0.3 is 5.32 Å². The number of nitrogens with zero attached hydrogens (tertiary/aromatic N) is 2. The minimum absolute atomic E-state index is 0.605. The second kappa shape index (κ2) is 4.82. The molecule has 0 spiro atoms. The monoisotopic (exact) mass is 239 g/mol. The molecule has 1 aliphatic heterocycles. The molecule has 1 saturated heterocycles. The lowest BCUT2D eigenvalue weighted by molar-refractivity contribution is 0.108. The van der Waals surface area contributed by atoms with Crippen LogP contribution in [0.3, 0.4) is 0 Å². The zero-order valence-electron chi connectivity index (χ0n) is 10.6. The summed E-state index contributed by atoms with van der Waals surface area (Å²) in [5, 5.41) is 4.72. The molecule has 0 aromatic carbocycles. The first-order chi connectivity index (χ1) is 7.58. The first kappa shape index (κ1) is 12.0. The van der Waals surface area contributed by atoms with E-state index in [-0.39, 0.29) is 0 Å². The average molecular weight is 239 g/mol. The maximum Gasteiger partial charge on any atom is 0.107 e. The normalized spacial score (nSPS) is 27.2. The topological polar surface area (TPSA) is 28.2 Å². The lowest BCUT2D eigenvalue weighted by Gasteiger charge is -2.38. The van der Waals surface area contributed by atoms with Crippen molar-refractivity contribution in [1.82, 2.24) is 15.2 Å². The van der Waals surface area contributed by atoms with Gasteiger partial charge in [0.05, 0.1) is 12.2 Å². The Labute approximate surface area is 102 Å². The fourth-order valence-electron chi connectivity index (χ4n) is 2.24. The van der Waals surface area contributed by atoms with Crippen LogP contribution in [0.2, 0.25) is 0 Å². The molecule has 90 valence electrons. The van der Waals surface area contributed by atoms with E-state index in [0.29, 0.717) is 12.1 Å². The smallest absolute Gasteiger partial charge is 0.107 e. The van der Waals surface area contributed by atoms with E-state index in [4.69, 9.17) is 0 Å². The van der Waals surface area contributed by atoms with Crippen LogP contribution in [0, 0.1) is 13.8 Å². The van der Waals surface area contributed by atoms with Crippen LogP contribution in [0.15, 0.2) is 0 Å². The molecule has 0 amide bonds. The molecule has 2 unspecified atom stereocenters. The van der Waals surface area contributed by atoms with Crippen molar-refractivity contribution in [3.8, 4) is 0 Å². The Morgan fingerprint density at radius 1 is 1.31 bits per heavy atom. The summed E-state index contributed by atoms with van der Waals surface area (Å²) in [4.78, 5) is 8.53. The summed E-state index contributed by atoms with van der Waals surface area (Å²) in [5.41, 5.74) is 1.19. The van der Waals surface area contributed by atoms with E-state index in [0.717, 1.165) is 19.6 Å². The number of aryl methyl sites for hydroxylation is 2. The fourth-order valence-corrected chi connectivity index (χ4v) is 3.19. The van der Waals surface area contributed by atoms with E-state index < -0.39 is 0 Å². The summed E-state index contributed by atoms with van der Waals surface area (Å²) < 4.78 is 0. The molecule has 0 aliphatic carbocycles. The van der Waals surface area contributed by atoms with Crippen LogP contribution in [0.1, 0.15) is 29.4 Å². The van der Waals surface area contributed by atoms with Crippen molar-refractivity contribution in [2.75, 3.05) is 13.1 Å². The zero-order chi connectivity index (χ0) is 11.7. The molecule has 16 heavy (non-hydrogen) atoms. The molecule has 1 N–H and O–H groups in total. The summed E-state index contributed by atoms with van der Waals surface area (Å²) >= 11 is 1.84. The van der Waals surface area contributed by atoms with Crippen LogP contribution < -0.4 is 5.32 Å². The lowest BCUT2D eigenvalue weighted by atomic mass is 10.1. The van der Waals surface area contributed by atoms with Crippen LogP contribution in [0.25, 0.3) is 0 Å². The zero-order valence-corrected chi connectivity index (χ0v) is 11.4. The standard InChI is InChI=1S/C12H21N3S/c1-8-5-13-6-9(2)15(8)7-12-14-10(3)11(4)16-12/h8-9,13H,5-7H2,1-4H3. The Morgan fingerprint density at radius 3 is 2.44 bits per heavy atom. The first-order valence-electron chi connectivity index (χ1n) is 5.97. The molecule has 1 aliphatic rings. The quantitative estimate of drug-likeness (QED) is 0.855. The van der Waals surface area contributed by atoms with Gasteiger partial charge in [-0.2, -0.15) is 0 Å². The Kier molecular flexibility index (Phi) is 3.62. The highest BCUT2D eigenvalue weighted by atomic mass is 32.1. The summed E-state index contributed by atoms with van der Waals surface area (Å²) in [5.74, 6) is 0. The van der Waals surface area contributed by atoms with Gasteiger partial charge in [-0.1, -0.05) is 0 Å². The maximum absolute atomic E-state index is 4.63. The number of piperazine rings is 1. The highest BCUT2D eigenvalue weighted by Crippen LogP contribution is 2.21. The van der Waals surface area contributed by atoms with Crippen LogP contribution in [0.4, 0.5) is 0 Å². The average Bonchev–Trinajstić information content (AvgIpc) is 2.53. The van der Waals surface area contributed by atoms with Crippen LogP contribution in [-0.4, -0.2) is 35.1 Å². The Morgan fingerprint density at radius 2 is 1.94 bits per heavy atom. The molecule has 4 heteroatoms. The van der Waals surface area contributed by atoms with Crippen LogP contribution in [0.5, 0.6) is 0 Å². The van der Waals surface area contributed by atoms with E-state index in [2.05, 4.69) is 42.9 Å². The van der Waals surface area contributed by atoms with Gasteiger partial charge in [0.15, 0.2) is 0 Å². The van der Waals surface area contributed by atoms with E-state index in [1.807, 2.05) is 11.3 Å². The molecule has 1 aromatic rings. The predicted molar refractivity (Wildman–Crippen MR) is 68.9 cm³/mol. The van der Waals surface area contributed by atoms with E-state index in [1.54, 1.807) is 0 Å². The number of aromatic nitrogens is 1. The van der Waals surface area contributed by atoms with Crippen LogP contribution in [-0.2, 0) is 6.54 Å². The van der Waals surface area contributed by atoms with Gasteiger partial charge in [0.1, 0.15) is 5.01 Å². The number of hydrogen-bond acceptors (Lipinski definition) is 4. The molecule has 2 heterocycles. The molecular formula is C12H21N3S. The molecule has 1 fully saturated rings. The van der Waals surface area contributed by atoms with Crippen molar-refractivity contribution in [2.24, 2.45) is 0 Å². The van der Waals surface area contributed by atoms with Gasteiger partial charge in [-0.15, -0.1) is 11.3 Å². The minimum atomic E-state index is 0.605. The van der Waals surface area contributed by atoms with Gasteiger partial charge in [0.2, 0.25) is 0 Å². The molecule has 2 atom stereocenters. The van der Waals surface area contributed by atoms with E-state index in [9.17, 15) is 0 Å². The maximum atomic E-state index is 4.63. The molecule has 2 rings (SSSR count). The number of thiazole rings is 1. The summed E-state index contributed by atoms with van der Waals surface area (Å²) in [6, 6.07) is 1.21.